The first kappa shape index (κ1) is 17.5. The molecule has 9 nitrogen and oxygen atoms in total. The number of carbonyl (C=O) groups excluding carboxylic acids is 2. The zero-order chi connectivity index (χ0) is 19.3. The molecule has 1 spiro atoms. The summed E-state index contributed by atoms with van der Waals surface area (Å²) < 4.78 is 1.30. The molecule has 2 fully saturated rings. The van der Waals surface area contributed by atoms with Crippen LogP contribution in [0.5, 0.6) is 5.75 Å². The number of fused-ring (bicyclic) bond motifs is 1. The second-order valence-corrected chi connectivity index (χ2v) is 7.19. The highest BCUT2D eigenvalue weighted by Gasteiger charge is 2.55. The van der Waals surface area contributed by atoms with E-state index in [4.69, 9.17) is 0 Å². The quantitative estimate of drug-likeness (QED) is 0.761. The number of urea groups is 1. The summed E-state index contributed by atoms with van der Waals surface area (Å²) >= 11 is 0. The van der Waals surface area contributed by atoms with E-state index >= 15 is 0 Å². The molecule has 2 saturated heterocycles. The molecule has 1 N–H and O–H groups in total. The van der Waals surface area contributed by atoms with Crippen molar-refractivity contribution in [3.63, 3.8) is 0 Å². The van der Waals surface area contributed by atoms with Gasteiger partial charge in [0, 0.05) is 46.0 Å². The van der Waals surface area contributed by atoms with Gasteiger partial charge in [0.25, 0.3) is 11.5 Å². The molecule has 9 heteroatoms. The van der Waals surface area contributed by atoms with Crippen LogP contribution in [0.25, 0.3) is 5.65 Å². The van der Waals surface area contributed by atoms with E-state index < -0.39 is 5.54 Å². The number of aromatic hydroxyl groups is 1. The van der Waals surface area contributed by atoms with Crippen molar-refractivity contribution in [2.24, 2.45) is 0 Å². The number of amides is 3. The van der Waals surface area contributed by atoms with Crippen molar-refractivity contribution in [1.82, 2.24) is 24.1 Å². The van der Waals surface area contributed by atoms with E-state index in [0.29, 0.717) is 38.2 Å². The summed E-state index contributed by atoms with van der Waals surface area (Å²) in [5.41, 5.74) is -0.225. The van der Waals surface area contributed by atoms with Crippen LogP contribution in [0.1, 0.15) is 18.5 Å². The summed E-state index contributed by atoms with van der Waals surface area (Å²) in [5.74, 6) is -0.199. The maximum atomic E-state index is 12.6. The maximum Gasteiger partial charge on any atom is 0.327 e. The molecule has 142 valence electrons. The molecule has 0 saturated carbocycles. The number of imide groups is 1. The Kier molecular flexibility index (Phi) is 3.92. The third kappa shape index (κ3) is 2.57. The van der Waals surface area contributed by atoms with E-state index in [1.54, 1.807) is 24.2 Å². The number of hydrogen-bond donors (Lipinski definition) is 1. The topological polar surface area (TPSA) is 98.5 Å². The summed E-state index contributed by atoms with van der Waals surface area (Å²) in [6.07, 6.45) is 2.64. The molecule has 0 bridgehead atoms. The first-order valence-electron chi connectivity index (χ1n) is 8.82. The van der Waals surface area contributed by atoms with Gasteiger partial charge in [-0.3, -0.25) is 23.8 Å². The van der Waals surface area contributed by atoms with E-state index in [9.17, 15) is 19.5 Å². The standard InChI is InChI=1S/C18H21N5O4/c1-20-16(26)18(21(2)17(20)27)5-8-22(9-6-18)11-12-10-14(25)23-7-3-4-13(24)15(23)19-12/h3-4,7,10,24H,5-6,8-9,11H2,1-2H3. The molecule has 2 aliphatic rings. The minimum atomic E-state index is -0.767. The van der Waals surface area contributed by atoms with Crippen LogP contribution in [-0.2, 0) is 11.3 Å². The lowest BCUT2D eigenvalue weighted by Crippen LogP contribution is -2.55. The Balaban J connectivity index is 1.53. The van der Waals surface area contributed by atoms with Crippen molar-refractivity contribution < 1.29 is 14.7 Å². The number of piperidine rings is 1. The molecule has 2 aromatic rings. The molecule has 0 aliphatic carbocycles. The molecular formula is C18H21N5O4. The number of hydrogen-bond acceptors (Lipinski definition) is 6. The van der Waals surface area contributed by atoms with Crippen LogP contribution >= 0.6 is 0 Å². The van der Waals surface area contributed by atoms with Crippen molar-refractivity contribution >= 4 is 17.6 Å². The normalized spacial score (nSPS) is 20.2. The van der Waals surface area contributed by atoms with E-state index in [-0.39, 0.29) is 28.9 Å². The zero-order valence-corrected chi connectivity index (χ0v) is 15.3. The first-order valence-corrected chi connectivity index (χ1v) is 8.82. The lowest BCUT2D eigenvalue weighted by atomic mass is 9.86. The van der Waals surface area contributed by atoms with Gasteiger partial charge in [0.15, 0.2) is 11.4 Å². The van der Waals surface area contributed by atoms with Gasteiger partial charge in [0.1, 0.15) is 5.54 Å². The fraction of sp³-hybridized carbons (Fsp3) is 0.444. The summed E-state index contributed by atoms with van der Waals surface area (Å²) in [6.45, 7) is 1.66. The summed E-state index contributed by atoms with van der Waals surface area (Å²) in [7, 11) is 3.19. The largest absolute Gasteiger partial charge is 0.504 e. The lowest BCUT2D eigenvalue weighted by Gasteiger charge is -2.40. The third-order valence-electron chi connectivity index (χ3n) is 5.71. The number of aromatic nitrogens is 2. The van der Waals surface area contributed by atoms with Crippen LogP contribution in [0.15, 0.2) is 29.2 Å². The van der Waals surface area contributed by atoms with Gasteiger partial charge in [-0.2, -0.15) is 0 Å². The highest BCUT2D eigenvalue weighted by Crippen LogP contribution is 2.35. The SMILES string of the molecule is CN1C(=O)N(C)C2(CCN(Cc3cc(=O)n4cccc(O)c4n3)CC2)C1=O. The molecule has 2 aliphatic heterocycles. The van der Waals surface area contributed by atoms with Crippen LogP contribution in [0, 0.1) is 0 Å². The fourth-order valence-corrected chi connectivity index (χ4v) is 4.05. The van der Waals surface area contributed by atoms with Crippen LogP contribution in [0.3, 0.4) is 0 Å². The van der Waals surface area contributed by atoms with Gasteiger partial charge in [-0.1, -0.05) is 0 Å². The van der Waals surface area contributed by atoms with E-state index in [1.165, 1.54) is 28.5 Å². The Morgan fingerprint density at radius 2 is 1.89 bits per heavy atom. The maximum absolute atomic E-state index is 12.6. The van der Waals surface area contributed by atoms with Gasteiger partial charge in [-0.15, -0.1) is 0 Å². The third-order valence-corrected chi connectivity index (χ3v) is 5.71. The van der Waals surface area contributed by atoms with E-state index in [0.717, 1.165) is 0 Å². The molecule has 3 amide bonds. The average Bonchev–Trinajstić information content (AvgIpc) is 2.81. The molecule has 0 aromatic carbocycles. The molecule has 0 unspecified atom stereocenters. The molecule has 2 aromatic heterocycles. The number of pyridine rings is 1. The molecule has 0 radical (unpaired) electrons. The molecular weight excluding hydrogens is 350 g/mol. The molecule has 4 heterocycles. The fourth-order valence-electron chi connectivity index (χ4n) is 4.05. The van der Waals surface area contributed by atoms with Crippen molar-refractivity contribution in [1.29, 1.82) is 0 Å². The average molecular weight is 371 g/mol. The monoisotopic (exact) mass is 371 g/mol. The van der Waals surface area contributed by atoms with Gasteiger partial charge in [0.2, 0.25) is 0 Å². The minimum Gasteiger partial charge on any atom is -0.504 e. The summed E-state index contributed by atoms with van der Waals surface area (Å²) in [4.78, 5) is 46.2. The first-order chi connectivity index (χ1) is 12.8. The Morgan fingerprint density at radius 1 is 1.19 bits per heavy atom. The zero-order valence-electron chi connectivity index (χ0n) is 15.3. The second-order valence-electron chi connectivity index (χ2n) is 7.19. The molecule has 27 heavy (non-hydrogen) atoms. The number of nitrogens with zero attached hydrogens (tertiary/aromatic N) is 5. The van der Waals surface area contributed by atoms with Crippen molar-refractivity contribution in [2.75, 3.05) is 27.2 Å². The van der Waals surface area contributed by atoms with Crippen LogP contribution in [0.4, 0.5) is 4.79 Å². The lowest BCUT2D eigenvalue weighted by molar-refractivity contribution is -0.134. The van der Waals surface area contributed by atoms with Crippen LogP contribution in [0.2, 0.25) is 0 Å². The number of rotatable bonds is 2. The Morgan fingerprint density at radius 3 is 2.52 bits per heavy atom. The Labute approximate surface area is 155 Å². The number of likely N-dealkylation sites (N-methyl/N-ethyl adjacent to an activating group) is 2. The van der Waals surface area contributed by atoms with Crippen molar-refractivity contribution in [3.8, 4) is 5.75 Å². The van der Waals surface area contributed by atoms with Crippen molar-refractivity contribution in [2.45, 2.75) is 24.9 Å². The predicted octanol–water partition coefficient (Wildman–Crippen LogP) is 0.258. The highest BCUT2D eigenvalue weighted by atomic mass is 16.3. The van der Waals surface area contributed by atoms with Crippen molar-refractivity contribution in [3.05, 3.63) is 40.4 Å². The summed E-state index contributed by atoms with van der Waals surface area (Å²) in [6, 6.07) is 4.27. The van der Waals surface area contributed by atoms with Gasteiger partial charge in [0.05, 0.1) is 5.69 Å². The summed E-state index contributed by atoms with van der Waals surface area (Å²) in [5, 5.41) is 9.96. The van der Waals surface area contributed by atoms with E-state index in [2.05, 4.69) is 9.88 Å². The van der Waals surface area contributed by atoms with Gasteiger partial charge in [-0.05, 0) is 25.0 Å². The van der Waals surface area contributed by atoms with Gasteiger partial charge in [-0.25, -0.2) is 9.78 Å². The number of carbonyl (C=O) groups is 2. The molecule has 0 atom stereocenters. The molecule has 4 rings (SSSR count). The number of likely N-dealkylation sites (tertiary alicyclic amines) is 1. The van der Waals surface area contributed by atoms with Crippen LogP contribution in [-0.4, -0.2) is 73.9 Å². The van der Waals surface area contributed by atoms with Crippen LogP contribution < -0.4 is 5.56 Å². The highest BCUT2D eigenvalue weighted by molar-refractivity contribution is 6.06. The Bertz CT molecular complexity index is 993. The van der Waals surface area contributed by atoms with Gasteiger partial charge >= 0.3 is 6.03 Å². The predicted molar refractivity (Wildman–Crippen MR) is 96.3 cm³/mol. The second kappa shape index (κ2) is 6.05. The minimum absolute atomic E-state index is 0.0474. The van der Waals surface area contributed by atoms with E-state index in [1.807, 2.05) is 0 Å². The Hall–Kier alpha value is -2.94. The van der Waals surface area contributed by atoms with Gasteiger partial charge < -0.3 is 10.0 Å². The smallest absolute Gasteiger partial charge is 0.327 e.